The van der Waals surface area contributed by atoms with E-state index < -0.39 is 11.3 Å². The van der Waals surface area contributed by atoms with Gasteiger partial charge in [-0.05, 0) is 0 Å². The summed E-state index contributed by atoms with van der Waals surface area (Å²) >= 11 is 0. The SMILES string of the molecule is Cn1cc(C2(C)CC(F)(F)C2)nn1. The highest BCUT2D eigenvalue weighted by molar-refractivity contribution is 5.19. The molecule has 0 saturated heterocycles. The van der Waals surface area contributed by atoms with Crippen molar-refractivity contribution < 1.29 is 8.78 Å². The summed E-state index contributed by atoms with van der Waals surface area (Å²) in [4.78, 5) is 0. The molecule has 13 heavy (non-hydrogen) atoms. The number of aromatic nitrogens is 3. The van der Waals surface area contributed by atoms with Crippen LogP contribution in [0.25, 0.3) is 0 Å². The van der Waals surface area contributed by atoms with Crippen LogP contribution in [0.1, 0.15) is 25.5 Å². The maximum Gasteiger partial charge on any atom is 0.250 e. The molecule has 1 aromatic rings. The summed E-state index contributed by atoms with van der Waals surface area (Å²) in [6.45, 7) is 1.80. The molecule has 0 bridgehead atoms. The fourth-order valence-electron chi connectivity index (χ4n) is 1.89. The second-order valence-electron chi connectivity index (χ2n) is 4.05. The van der Waals surface area contributed by atoms with Gasteiger partial charge in [-0.25, -0.2) is 8.78 Å². The number of alkyl halides is 2. The van der Waals surface area contributed by atoms with Crippen molar-refractivity contribution in [2.75, 3.05) is 0 Å². The topological polar surface area (TPSA) is 30.7 Å². The van der Waals surface area contributed by atoms with Crippen LogP contribution in [0.15, 0.2) is 6.20 Å². The Kier molecular flexibility index (Phi) is 1.50. The van der Waals surface area contributed by atoms with Gasteiger partial charge in [-0.2, -0.15) is 0 Å². The molecule has 1 saturated carbocycles. The van der Waals surface area contributed by atoms with Crippen molar-refractivity contribution >= 4 is 0 Å². The van der Waals surface area contributed by atoms with Gasteiger partial charge in [-0.3, -0.25) is 4.68 Å². The average Bonchev–Trinajstić information content (AvgIpc) is 2.31. The molecule has 1 fully saturated rings. The molecule has 1 aromatic heterocycles. The summed E-state index contributed by atoms with van der Waals surface area (Å²) < 4.78 is 26.9. The molecule has 72 valence electrons. The third-order valence-electron chi connectivity index (χ3n) is 2.52. The number of hydrogen-bond acceptors (Lipinski definition) is 2. The first-order chi connectivity index (χ1) is 5.91. The Bertz CT molecular complexity index is 324. The number of nitrogens with zero attached hydrogens (tertiary/aromatic N) is 3. The zero-order chi connectivity index (χ0) is 9.69. The van der Waals surface area contributed by atoms with E-state index in [4.69, 9.17) is 0 Å². The lowest BCUT2D eigenvalue weighted by molar-refractivity contribution is -0.122. The molecule has 1 aliphatic carbocycles. The second kappa shape index (κ2) is 2.27. The molecule has 0 amide bonds. The van der Waals surface area contributed by atoms with E-state index in [0.29, 0.717) is 5.69 Å². The summed E-state index contributed by atoms with van der Waals surface area (Å²) in [6, 6.07) is 0. The molecule has 1 aliphatic rings. The molecule has 2 rings (SSSR count). The number of halogens is 2. The van der Waals surface area contributed by atoms with Crippen molar-refractivity contribution in [3.8, 4) is 0 Å². The Morgan fingerprint density at radius 1 is 1.46 bits per heavy atom. The van der Waals surface area contributed by atoms with Crippen molar-refractivity contribution in [1.29, 1.82) is 0 Å². The van der Waals surface area contributed by atoms with Gasteiger partial charge >= 0.3 is 0 Å². The van der Waals surface area contributed by atoms with E-state index in [-0.39, 0.29) is 12.8 Å². The van der Waals surface area contributed by atoms with Gasteiger partial charge in [0.05, 0.1) is 5.69 Å². The smallest absolute Gasteiger partial charge is 0.250 e. The van der Waals surface area contributed by atoms with E-state index in [1.54, 1.807) is 20.2 Å². The standard InChI is InChI=1S/C8H11F2N3/c1-7(4-8(9,10)5-7)6-3-13(2)12-11-6/h3H,4-5H2,1-2H3. The van der Waals surface area contributed by atoms with Crippen LogP contribution in [0.3, 0.4) is 0 Å². The van der Waals surface area contributed by atoms with Crippen LogP contribution in [-0.2, 0) is 12.5 Å². The lowest BCUT2D eigenvalue weighted by Gasteiger charge is -2.43. The third kappa shape index (κ3) is 1.32. The van der Waals surface area contributed by atoms with Gasteiger partial charge < -0.3 is 0 Å². The minimum absolute atomic E-state index is 0.112. The molecular weight excluding hydrogens is 176 g/mol. The first-order valence-corrected chi connectivity index (χ1v) is 4.16. The quantitative estimate of drug-likeness (QED) is 0.667. The normalized spacial score (nSPS) is 24.0. The van der Waals surface area contributed by atoms with Crippen molar-refractivity contribution in [3.63, 3.8) is 0 Å². The van der Waals surface area contributed by atoms with Gasteiger partial charge in [0, 0.05) is 31.5 Å². The van der Waals surface area contributed by atoms with E-state index in [0.717, 1.165) is 0 Å². The first kappa shape index (κ1) is 8.59. The summed E-state index contributed by atoms with van der Waals surface area (Å²) in [5.74, 6) is -2.51. The fourth-order valence-corrected chi connectivity index (χ4v) is 1.89. The maximum absolute atomic E-state index is 12.7. The molecule has 0 atom stereocenters. The molecule has 0 N–H and O–H groups in total. The van der Waals surface area contributed by atoms with Gasteiger partial charge in [0.1, 0.15) is 0 Å². The molecule has 0 spiro atoms. The van der Waals surface area contributed by atoms with Crippen molar-refractivity contribution in [2.45, 2.75) is 31.1 Å². The van der Waals surface area contributed by atoms with E-state index in [2.05, 4.69) is 10.3 Å². The minimum Gasteiger partial charge on any atom is -0.255 e. The highest BCUT2D eigenvalue weighted by Crippen LogP contribution is 2.52. The third-order valence-corrected chi connectivity index (χ3v) is 2.52. The van der Waals surface area contributed by atoms with Crippen LogP contribution < -0.4 is 0 Å². The molecule has 3 nitrogen and oxygen atoms in total. The predicted octanol–water partition coefficient (Wildman–Crippen LogP) is 1.50. The maximum atomic E-state index is 12.7. The highest BCUT2D eigenvalue weighted by atomic mass is 19.3. The van der Waals surface area contributed by atoms with Crippen LogP contribution in [0, 0.1) is 0 Å². The lowest BCUT2D eigenvalue weighted by atomic mass is 9.66. The van der Waals surface area contributed by atoms with Gasteiger partial charge in [-0.15, -0.1) is 5.10 Å². The van der Waals surface area contributed by atoms with Crippen molar-refractivity contribution in [3.05, 3.63) is 11.9 Å². The summed E-state index contributed by atoms with van der Waals surface area (Å²) in [5.41, 5.74) is 0.193. The molecule has 1 heterocycles. The highest BCUT2D eigenvalue weighted by Gasteiger charge is 2.55. The van der Waals surface area contributed by atoms with E-state index in [9.17, 15) is 8.78 Å². The van der Waals surface area contributed by atoms with Crippen LogP contribution in [0.4, 0.5) is 8.78 Å². The zero-order valence-corrected chi connectivity index (χ0v) is 7.59. The van der Waals surface area contributed by atoms with Gasteiger partial charge in [-0.1, -0.05) is 12.1 Å². The second-order valence-corrected chi connectivity index (χ2v) is 4.05. The number of aryl methyl sites for hydroxylation is 1. The zero-order valence-electron chi connectivity index (χ0n) is 7.59. The van der Waals surface area contributed by atoms with Crippen LogP contribution in [0.2, 0.25) is 0 Å². The Hall–Kier alpha value is -1.00. The van der Waals surface area contributed by atoms with Crippen molar-refractivity contribution in [1.82, 2.24) is 15.0 Å². The summed E-state index contributed by atoms with van der Waals surface area (Å²) in [5, 5.41) is 7.59. The van der Waals surface area contributed by atoms with Crippen LogP contribution in [0.5, 0.6) is 0 Å². The lowest BCUT2D eigenvalue weighted by Crippen LogP contribution is -2.47. The van der Waals surface area contributed by atoms with Crippen molar-refractivity contribution in [2.24, 2.45) is 7.05 Å². The molecule has 0 radical (unpaired) electrons. The Balaban J connectivity index is 2.20. The average molecular weight is 187 g/mol. The molecule has 5 heteroatoms. The van der Waals surface area contributed by atoms with Gasteiger partial charge in [0.2, 0.25) is 5.92 Å². The molecule has 0 unspecified atom stereocenters. The monoisotopic (exact) mass is 187 g/mol. The minimum atomic E-state index is -2.51. The van der Waals surface area contributed by atoms with Gasteiger partial charge in [0.25, 0.3) is 0 Å². The Morgan fingerprint density at radius 2 is 2.08 bits per heavy atom. The van der Waals surface area contributed by atoms with Crippen LogP contribution in [-0.4, -0.2) is 20.9 Å². The van der Waals surface area contributed by atoms with E-state index >= 15 is 0 Å². The molecule has 0 aromatic carbocycles. The Labute approximate surface area is 74.7 Å². The first-order valence-electron chi connectivity index (χ1n) is 4.16. The van der Waals surface area contributed by atoms with E-state index in [1.807, 2.05) is 0 Å². The van der Waals surface area contributed by atoms with Crippen LogP contribution >= 0.6 is 0 Å². The summed E-state index contributed by atoms with van der Waals surface area (Å²) in [7, 11) is 1.73. The Morgan fingerprint density at radius 3 is 2.46 bits per heavy atom. The number of rotatable bonds is 1. The van der Waals surface area contributed by atoms with E-state index in [1.165, 1.54) is 4.68 Å². The largest absolute Gasteiger partial charge is 0.255 e. The van der Waals surface area contributed by atoms with Gasteiger partial charge in [0.15, 0.2) is 0 Å². The number of hydrogen-bond donors (Lipinski definition) is 0. The predicted molar refractivity (Wildman–Crippen MR) is 42.5 cm³/mol. The fraction of sp³-hybridized carbons (Fsp3) is 0.750. The summed E-state index contributed by atoms with van der Waals surface area (Å²) in [6.07, 6.45) is 1.48. The molecular formula is C8H11F2N3. The molecule has 0 aliphatic heterocycles.